The van der Waals surface area contributed by atoms with Gasteiger partial charge in [0.15, 0.2) is 0 Å². The quantitative estimate of drug-likeness (QED) is 0.780. The van der Waals surface area contributed by atoms with Crippen molar-refractivity contribution in [3.8, 4) is 11.4 Å². The minimum atomic E-state index is 0.491. The lowest BCUT2D eigenvalue weighted by atomic mass is 10.2. The lowest BCUT2D eigenvalue weighted by Gasteiger charge is -1.93. The van der Waals surface area contributed by atoms with Gasteiger partial charge in [0, 0.05) is 16.5 Å². The molecule has 0 N–H and O–H groups in total. The first kappa shape index (κ1) is 8.92. The van der Waals surface area contributed by atoms with Gasteiger partial charge in [0.2, 0.25) is 11.7 Å². The van der Waals surface area contributed by atoms with Crippen LogP contribution in [-0.2, 0) is 0 Å². The van der Waals surface area contributed by atoms with Gasteiger partial charge in [-0.05, 0) is 25.0 Å². The zero-order chi connectivity index (χ0) is 10.3. The van der Waals surface area contributed by atoms with Crippen LogP contribution in [0, 0.1) is 0 Å². The van der Waals surface area contributed by atoms with Crippen molar-refractivity contribution in [1.82, 2.24) is 10.1 Å². The molecule has 3 rings (SSSR count). The summed E-state index contributed by atoms with van der Waals surface area (Å²) in [5.74, 6) is 1.87. The first-order valence-corrected chi connectivity index (χ1v) is 5.30. The summed E-state index contributed by atoms with van der Waals surface area (Å²) in [5.41, 5.74) is 0.901. The standard InChI is InChI=1S/C11H9ClN2O/c12-9-3-1-2-8(6-9)10-13-11(15-14-10)7-4-5-7/h1-3,6-7H,4-5H2. The van der Waals surface area contributed by atoms with Gasteiger partial charge in [0.1, 0.15) is 0 Å². The largest absolute Gasteiger partial charge is 0.339 e. The molecule has 1 fully saturated rings. The van der Waals surface area contributed by atoms with Gasteiger partial charge < -0.3 is 4.52 Å². The summed E-state index contributed by atoms with van der Waals surface area (Å²) in [6.45, 7) is 0. The molecule has 1 aliphatic rings. The second-order valence-electron chi connectivity index (χ2n) is 3.74. The SMILES string of the molecule is Clc1cccc(-c2noc(C3CC3)n2)c1. The number of hydrogen-bond acceptors (Lipinski definition) is 3. The van der Waals surface area contributed by atoms with Gasteiger partial charge in [-0.15, -0.1) is 0 Å². The number of benzene rings is 1. The van der Waals surface area contributed by atoms with Crippen molar-refractivity contribution in [2.45, 2.75) is 18.8 Å². The fourth-order valence-electron chi connectivity index (χ4n) is 1.48. The molecule has 4 heteroatoms. The zero-order valence-corrected chi connectivity index (χ0v) is 8.74. The Morgan fingerprint density at radius 2 is 2.20 bits per heavy atom. The second kappa shape index (κ2) is 3.35. The molecule has 1 aliphatic carbocycles. The van der Waals surface area contributed by atoms with Gasteiger partial charge in [-0.1, -0.05) is 28.9 Å². The van der Waals surface area contributed by atoms with Crippen LogP contribution in [-0.4, -0.2) is 10.1 Å². The van der Waals surface area contributed by atoms with Crippen LogP contribution < -0.4 is 0 Å². The number of rotatable bonds is 2. The summed E-state index contributed by atoms with van der Waals surface area (Å²) < 4.78 is 5.18. The third-order valence-corrected chi connectivity index (χ3v) is 2.69. The molecule has 0 bridgehead atoms. The Balaban J connectivity index is 1.97. The number of hydrogen-bond donors (Lipinski definition) is 0. The maximum absolute atomic E-state index is 5.89. The van der Waals surface area contributed by atoms with Crippen molar-refractivity contribution < 1.29 is 4.52 Å². The molecule has 0 atom stereocenters. The van der Waals surface area contributed by atoms with Crippen molar-refractivity contribution in [3.63, 3.8) is 0 Å². The summed E-state index contributed by atoms with van der Waals surface area (Å²) in [4.78, 5) is 4.35. The third-order valence-electron chi connectivity index (χ3n) is 2.45. The molecular weight excluding hydrogens is 212 g/mol. The van der Waals surface area contributed by atoms with Crippen molar-refractivity contribution in [1.29, 1.82) is 0 Å². The lowest BCUT2D eigenvalue weighted by molar-refractivity contribution is 0.380. The summed E-state index contributed by atoms with van der Waals surface area (Å²) in [6, 6.07) is 7.47. The van der Waals surface area contributed by atoms with E-state index in [0.29, 0.717) is 16.8 Å². The van der Waals surface area contributed by atoms with E-state index in [0.717, 1.165) is 24.3 Å². The summed E-state index contributed by atoms with van der Waals surface area (Å²) in [5, 5.41) is 4.63. The van der Waals surface area contributed by atoms with Gasteiger partial charge in [-0.25, -0.2) is 0 Å². The van der Waals surface area contributed by atoms with Gasteiger partial charge >= 0.3 is 0 Å². The maximum atomic E-state index is 5.89. The Bertz CT molecular complexity index is 491. The molecule has 1 heterocycles. The van der Waals surface area contributed by atoms with Crippen LogP contribution in [0.1, 0.15) is 24.7 Å². The van der Waals surface area contributed by atoms with E-state index >= 15 is 0 Å². The topological polar surface area (TPSA) is 38.9 Å². The summed E-state index contributed by atoms with van der Waals surface area (Å²) >= 11 is 5.89. The Kier molecular flexibility index (Phi) is 1.99. The van der Waals surface area contributed by atoms with E-state index in [9.17, 15) is 0 Å². The van der Waals surface area contributed by atoms with E-state index in [1.807, 2.05) is 24.3 Å². The molecule has 1 aromatic carbocycles. The predicted molar refractivity (Wildman–Crippen MR) is 56.7 cm³/mol. The van der Waals surface area contributed by atoms with Crippen molar-refractivity contribution in [2.75, 3.05) is 0 Å². The normalized spacial score (nSPS) is 15.5. The minimum absolute atomic E-state index is 0.491. The third kappa shape index (κ3) is 1.75. The van der Waals surface area contributed by atoms with Crippen molar-refractivity contribution >= 4 is 11.6 Å². The Labute approximate surface area is 92.1 Å². The first-order valence-electron chi connectivity index (χ1n) is 4.92. The molecule has 76 valence electrons. The van der Waals surface area contributed by atoms with Crippen LogP contribution in [0.15, 0.2) is 28.8 Å². The molecule has 0 spiro atoms. The summed E-state index contributed by atoms with van der Waals surface area (Å²) in [6.07, 6.45) is 2.33. The highest BCUT2D eigenvalue weighted by molar-refractivity contribution is 6.30. The summed E-state index contributed by atoms with van der Waals surface area (Å²) in [7, 11) is 0. The van der Waals surface area contributed by atoms with Crippen molar-refractivity contribution in [2.24, 2.45) is 0 Å². The van der Waals surface area contributed by atoms with E-state index in [1.54, 1.807) is 0 Å². The van der Waals surface area contributed by atoms with E-state index in [1.165, 1.54) is 0 Å². The number of halogens is 1. The minimum Gasteiger partial charge on any atom is -0.339 e. The smallest absolute Gasteiger partial charge is 0.230 e. The Morgan fingerprint density at radius 3 is 2.93 bits per heavy atom. The molecule has 3 nitrogen and oxygen atoms in total. The van der Waals surface area contributed by atoms with Crippen LogP contribution in [0.4, 0.5) is 0 Å². The average molecular weight is 221 g/mol. The van der Waals surface area contributed by atoms with Gasteiger partial charge in [0.25, 0.3) is 0 Å². The number of nitrogens with zero attached hydrogens (tertiary/aromatic N) is 2. The molecule has 0 unspecified atom stereocenters. The van der Waals surface area contributed by atoms with Crippen LogP contribution in [0.2, 0.25) is 5.02 Å². The van der Waals surface area contributed by atoms with Gasteiger partial charge in [-0.3, -0.25) is 0 Å². The zero-order valence-electron chi connectivity index (χ0n) is 7.98. The molecule has 0 aliphatic heterocycles. The molecule has 1 aromatic heterocycles. The molecule has 15 heavy (non-hydrogen) atoms. The molecule has 2 aromatic rings. The highest BCUT2D eigenvalue weighted by Gasteiger charge is 2.29. The van der Waals surface area contributed by atoms with Crippen LogP contribution >= 0.6 is 11.6 Å². The van der Waals surface area contributed by atoms with Crippen LogP contribution in [0.5, 0.6) is 0 Å². The maximum Gasteiger partial charge on any atom is 0.230 e. The number of aromatic nitrogens is 2. The van der Waals surface area contributed by atoms with Crippen molar-refractivity contribution in [3.05, 3.63) is 35.2 Å². The van der Waals surface area contributed by atoms with Gasteiger partial charge in [-0.2, -0.15) is 4.98 Å². The van der Waals surface area contributed by atoms with E-state index in [-0.39, 0.29) is 0 Å². The Hall–Kier alpha value is -1.35. The van der Waals surface area contributed by atoms with E-state index < -0.39 is 0 Å². The molecule has 0 amide bonds. The van der Waals surface area contributed by atoms with Gasteiger partial charge in [0.05, 0.1) is 0 Å². The van der Waals surface area contributed by atoms with Crippen LogP contribution in [0.3, 0.4) is 0 Å². The molecule has 0 saturated heterocycles. The second-order valence-corrected chi connectivity index (χ2v) is 4.18. The van der Waals surface area contributed by atoms with Crippen LogP contribution in [0.25, 0.3) is 11.4 Å². The fraction of sp³-hybridized carbons (Fsp3) is 0.273. The average Bonchev–Trinajstić information content (AvgIpc) is 2.97. The fourth-order valence-corrected chi connectivity index (χ4v) is 1.67. The van der Waals surface area contributed by atoms with E-state index in [2.05, 4.69) is 10.1 Å². The monoisotopic (exact) mass is 220 g/mol. The van der Waals surface area contributed by atoms with E-state index in [4.69, 9.17) is 16.1 Å². The highest BCUT2D eigenvalue weighted by atomic mass is 35.5. The highest BCUT2D eigenvalue weighted by Crippen LogP contribution is 2.39. The lowest BCUT2D eigenvalue weighted by Crippen LogP contribution is -1.81. The molecule has 0 radical (unpaired) electrons. The molecule has 1 saturated carbocycles. The predicted octanol–water partition coefficient (Wildman–Crippen LogP) is 3.27. The Morgan fingerprint density at radius 1 is 1.33 bits per heavy atom. The first-order chi connectivity index (χ1) is 7.33. The molecular formula is C11H9ClN2O.